The molecule has 0 saturated heterocycles. The highest BCUT2D eigenvalue weighted by Gasteiger charge is 2.32. The number of carbonyl (C=O) groups is 4. The number of nitrogens with zero attached hydrogens (tertiary/aromatic N) is 1. The lowest BCUT2D eigenvalue weighted by Gasteiger charge is -2.32. The van der Waals surface area contributed by atoms with E-state index in [4.69, 9.17) is 4.74 Å². The standard InChI is InChI=1S/C23H35N3O6/c1-8-12-26(18(27)13-25-22(30)32-23(4,5)6)20(21(29)24-14-19(28)31-7)17-11-9-10-15(2)16(17)3/h9-11,20H,8,12-14H2,1-7H3,(H,24,29)(H,25,30). The Kier molecular flexibility index (Phi) is 10.2. The number of methoxy groups -OCH3 is 1. The summed E-state index contributed by atoms with van der Waals surface area (Å²) in [5, 5.41) is 5.00. The molecule has 0 spiro atoms. The monoisotopic (exact) mass is 449 g/mol. The van der Waals surface area contributed by atoms with Crippen molar-refractivity contribution in [3.05, 3.63) is 34.9 Å². The first kappa shape index (κ1) is 26.9. The van der Waals surface area contributed by atoms with E-state index in [2.05, 4.69) is 15.4 Å². The number of esters is 1. The van der Waals surface area contributed by atoms with Crippen LogP contribution < -0.4 is 10.6 Å². The summed E-state index contributed by atoms with van der Waals surface area (Å²) in [4.78, 5) is 51.2. The SMILES string of the molecule is CCCN(C(=O)CNC(=O)OC(C)(C)C)C(C(=O)NCC(=O)OC)c1cccc(C)c1C. The van der Waals surface area contributed by atoms with Gasteiger partial charge in [0.1, 0.15) is 24.7 Å². The molecule has 2 N–H and O–H groups in total. The lowest BCUT2D eigenvalue weighted by molar-refractivity contribution is -0.143. The van der Waals surface area contributed by atoms with Crippen molar-refractivity contribution in [2.45, 2.75) is 59.6 Å². The second-order valence-corrected chi connectivity index (χ2v) is 8.43. The van der Waals surface area contributed by atoms with Gasteiger partial charge in [-0.2, -0.15) is 0 Å². The van der Waals surface area contributed by atoms with Crippen LogP contribution in [0, 0.1) is 13.8 Å². The highest BCUT2D eigenvalue weighted by Crippen LogP contribution is 2.27. The maximum absolute atomic E-state index is 13.1. The molecule has 32 heavy (non-hydrogen) atoms. The van der Waals surface area contributed by atoms with Gasteiger partial charge in [0.05, 0.1) is 7.11 Å². The summed E-state index contributed by atoms with van der Waals surface area (Å²) in [6.45, 7) is 10.5. The summed E-state index contributed by atoms with van der Waals surface area (Å²) < 4.78 is 9.77. The van der Waals surface area contributed by atoms with E-state index in [1.807, 2.05) is 32.9 Å². The van der Waals surface area contributed by atoms with E-state index in [0.29, 0.717) is 12.0 Å². The molecule has 178 valence electrons. The van der Waals surface area contributed by atoms with Gasteiger partial charge < -0.3 is 25.0 Å². The Hall–Kier alpha value is -3.10. The quantitative estimate of drug-likeness (QED) is 0.560. The molecule has 1 aromatic carbocycles. The third-order valence-corrected chi connectivity index (χ3v) is 4.70. The molecule has 9 nitrogen and oxygen atoms in total. The van der Waals surface area contributed by atoms with Crippen LogP contribution in [0.25, 0.3) is 0 Å². The highest BCUT2D eigenvalue weighted by molar-refractivity contribution is 5.92. The molecule has 0 heterocycles. The number of hydrogen-bond acceptors (Lipinski definition) is 6. The van der Waals surface area contributed by atoms with Gasteiger partial charge in [0, 0.05) is 6.54 Å². The summed E-state index contributed by atoms with van der Waals surface area (Å²) in [5.41, 5.74) is 1.76. The number of ether oxygens (including phenoxy) is 2. The average Bonchev–Trinajstić information content (AvgIpc) is 2.71. The molecule has 0 fully saturated rings. The molecule has 0 bridgehead atoms. The number of amides is 3. The second kappa shape index (κ2) is 12.1. The molecule has 0 aliphatic carbocycles. The number of hydrogen-bond donors (Lipinski definition) is 2. The van der Waals surface area contributed by atoms with Crippen LogP contribution in [0.15, 0.2) is 18.2 Å². The van der Waals surface area contributed by atoms with Gasteiger partial charge in [-0.25, -0.2) is 4.79 Å². The van der Waals surface area contributed by atoms with Gasteiger partial charge in [-0.1, -0.05) is 25.1 Å². The summed E-state index contributed by atoms with van der Waals surface area (Å²) >= 11 is 0. The largest absolute Gasteiger partial charge is 0.468 e. The first-order valence-corrected chi connectivity index (χ1v) is 10.6. The maximum Gasteiger partial charge on any atom is 0.408 e. The van der Waals surface area contributed by atoms with Crippen molar-refractivity contribution in [1.29, 1.82) is 0 Å². The third kappa shape index (κ3) is 8.20. The molecule has 3 amide bonds. The molecule has 0 aromatic heterocycles. The zero-order valence-corrected chi connectivity index (χ0v) is 20.0. The predicted octanol–water partition coefficient (Wildman–Crippen LogP) is 2.40. The molecule has 0 aliphatic rings. The van der Waals surface area contributed by atoms with Crippen molar-refractivity contribution in [3.8, 4) is 0 Å². The first-order chi connectivity index (χ1) is 14.9. The summed E-state index contributed by atoms with van der Waals surface area (Å²) in [5.74, 6) is -1.56. The number of benzene rings is 1. The molecule has 0 radical (unpaired) electrons. The summed E-state index contributed by atoms with van der Waals surface area (Å²) in [6.07, 6.45) is -0.134. The smallest absolute Gasteiger partial charge is 0.408 e. The van der Waals surface area contributed by atoms with Crippen LogP contribution in [-0.4, -0.2) is 61.1 Å². The van der Waals surface area contributed by atoms with E-state index in [-0.39, 0.29) is 19.6 Å². The van der Waals surface area contributed by atoms with Crippen molar-refractivity contribution in [2.24, 2.45) is 0 Å². The van der Waals surface area contributed by atoms with E-state index in [1.54, 1.807) is 26.8 Å². The van der Waals surface area contributed by atoms with Crippen molar-refractivity contribution in [1.82, 2.24) is 15.5 Å². The molecule has 1 rings (SSSR count). The molecule has 1 unspecified atom stereocenters. The number of rotatable bonds is 9. The topological polar surface area (TPSA) is 114 Å². The minimum absolute atomic E-state index is 0.276. The van der Waals surface area contributed by atoms with Crippen molar-refractivity contribution >= 4 is 23.9 Å². The Morgan fingerprint density at radius 3 is 2.28 bits per heavy atom. The van der Waals surface area contributed by atoms with Crippen LogP contribution in [0.2, 0.25) is 0 Å². The fourth-order valence-corrected chi connectivity index (χ4v) is 3.05. The number of aryl methyl sites for hydroxylation is 1. The normalized spacial score (nSPS) is 11.8. The van der Waals surface area contributed by atoms with Crippen LogP contribution in [0.4, 0.5) is 4.79 Å². The molecular weight excluding hydrogens is 414 g/mol. The summed E-state index contributed by atoms with van der Waals surface area (Å²) in [7, 11) is 1.23. The van der Waals surface area contributed by atoms with E-state index in [1.165, 1.54) is 12.0 Å². The minimum atomic E-state index is -0.979. The Morgan fingerprint density at radius 2 is 1.72 bits per heavy atom. The van der Waals surface area contributed by atoms with Gasteiger partial charge in [-0.05, 0) is 57.7 Å². The molecular formula is C23H35N3O6. The summed E-state index contributed by atoms with van der Waals surface area (Å²) in [6, 6.07) is 4.53. The van der Waals surface area contributed by atoms with Gasteiger partial charge in [-0.3, -0.25) is 14.4 Å². The van der Waals surface area contributed by atoms with Gasteiger partial charge >= 0.3 is 12.1 Å². The molecule has 1 atom stereocenters. The fourth-order valence-electron chi connectivity index (χ4n) is 3.05. The predicted molar refractivity (Wildman–Crippen MR) is 120 cm³/mol. The zero-order chi connectivity index (χ0) is 24.5. The van der Waals surface area contributed by atoms with Gasteiger partial charge in [-0.15, -0.1) is 0 Å². The van der Waals surface area contributed by atoms with Crippen molar-refractivity contribution in [3.63, 3.8) is 0 Å². The second-order valence-electron chi connectivity index (χ2n) is 8.43. The first-order valence-electron chi connectivity index (χ1n) is 10.6. The fraction of sp³-hybridized carbons (Fsp3) is 0.565. The zero-order valence-electron chi connectivity index (χ0n) is 20.0. The Bertz CT molecular complexity index is 832. The highest BCUT2D eigenvalue weighted by atomic mass is 16.6. The lowest BCUT2D eigenvalue weighted by atomic mass is 9.95. The van der Waals surface area contributed by atoms with E-state index in [0.717, 1.165) is 11.1 Å². The van der Waals surface area contributed by atoms with Crippen molar-refractivity contribution in [2.75, 3.05) is 26.7 Å². The Balaban J connectivity index is 3.21. The maximum atomic E-state index is 13.1. The van der Waals surface area contributed by atoms with E-state index in [9.17, 15) is 19.2 Å². The van der Waals surface area contributed by atoms with Crippen LogP contribution in [0.5, 0.6) is 0 Å². The molecule has 9 heteroatoms. The minimum Gasteiger partial charge on any atom is -0.468 e. The third-order valence-electron chi connectivity index (χ3n) is 4.70. The Labute approximate surface area is 189 Å². The van der Waals surface area contributed by atoms with Crippen LogP contribution in [-0.2, 0) is 23.9 Å². The Morgan fingerprint density at radius 1 is 1.06 bits per heavy atom. The number of alkyl carbamates (subject to hydrolysis) is 1. The van der Waals surface area contributed by atoms with Gasteiger partial charge in [0.2, 0.25) is 11.8 Å². The number of nitrogens with one attached hydrogen (secondary N) is 2. The van der Waals surface area contributed by atoms with Crippen LogP contribution in [0.3, 0.4) is 0 Å². The van der Waals surface area contributed by atoms with E-state index >= 15 is 0 Å². The molecule has 0 saturated carbocycles. The van der Waals surface area contributed by atoms with Crippen LogP contribution in [0.1, 0.15) is 56.8 Å². The van der Waals surface area contributed by atoms with Crippen LogP contribution >= 0.6 is 0 Å². The van der Waals surface area contributed by atoms with Gasteiger partial charge in [0.25, 0.3) is 0 Å². The van der Waals surface area contributed by atoms with E-state index < -0.39 is 35.5 Å². The average molecular weight is 450 g/mol. The van der Waals surface area contributed by atoms with Crippen molar-refractivity contribution < 1.29 is 28.7 Å². The van der Waals surface area contributed by atoms with Gasteiger partial charge in [0.15, 0.2) is 0 Å². The molecule has 1 aromatic rings. The lowest BCUT2D eigenvalue weighted by Crippen LogP contribution is -2.49. The number of carbonyl (C=O) groups excluding carboxylic acids is 4. The molecule has 0 aliphatic heterocycles.